The van der Waals surface area contributed by atoms with Crippen molar-refractivity contribution in [3.8, 4) is 0 Å². The van der Waals surface area contributed by atoms with Crippen LogP contribution in [0.5, 0.6) is 0 Å². The molecular weight excluding hydrogens is 122 g/mol. The summed E-state index contributed by atoms with van der Waals surface area (Å²) in [6.45, 7) is 1.80. The van der Waals surface area contributed by atoms with E-state index in [1.807, 2.05) is 0 Å². The zero-order valence-electron chi connectivity index (χ0n) is 5.24. The van der Waals surface area contributed by atoms with Crippen LogP contribution in [0.1, 0.15) is 6.92 Å². The first-order valence-corrected chi connectivity index (χ1v) is 2.62. The Labute approximate surface area is 53.3 Å². The van der Waals surface area contributed by atoms with E-state index in [4.69, 9.17) is 0 Å². The molecule has 0 radical (unpaired) electrons. The predicted molar refractivity (Wildman–Crippen MR) is 32.6 cm³/mol. The van der Waals surface area contributed by atoms with E-state index in [1.165, 1.54) is 6.26 Å². The molecule has 0 aliphatic heterocycles. The van der Waals surface area contributed by atoms with Crippen molar-refractivity contribution in [3.63, 3.8) is 0 Å². The molecule has 4 nitrogen and oxygen atoms in total. The van der Waals surface area contributed by atoms with Gasteiger partial charge in [-0.3, -0.25) is 10.1 Å². The number of nitro groups is 1. The summed E-state index contributed by atoms with van der Waals surface area (Å²) < 4.78 is 4.67. The molecule has 0 fully saturated rings. The van der Waals surface area contributed by atoms with Gasteiger partial charge in [-0.25, -0.2) is 0 Å². The lowest BCUT2D eigenvalue weighted by Gasteiger charge is -1.92. The van der Waals surface area contributed by atoms with Gasteiger partial charge in [0.2, 0.25) is 6.54 Å². The van der Waals surface area contributed by atoms with Gasteiger partial charge in [-0.05, 0) is 6.92 Å². The van der Waals surface area contributed by atoms with Gasteiger partial charge in [-0.2, -0.15) is 0 Å². The standard InChI is InChI=1S/C5H9NO3/c1-2-4-9-5-3-6(7)8/h2,4H,3,5H2,1H3. The van der Waals surface area contributed by atoms with Gasteiger partial charge in [0.05, 0.1) is 6.26 Å². The molecule has 0 rings (SSSR count). The van der Waals surface area contributed by atoms with Crippen molar-refractivity contribution in [2.24, 2.45) is 0 Å². The van der Waals surface area contributed by atoms with Crippen molar-refractivity contribution in [2.75, 3.05) is 13.2 Å². The Kier molecular flexibility index (Phi) is 4.49. The van der Waals surface area contributed by atoms with Crippen molar-refractivity contribution < 1.29 is 9.66 Å². The second-order valence-electron chi connectivity index (χ2n) is 1.40. The first-order valence-electron chi connectivity index (χ1n) is 2.62. The minimum atomic E-state index is -0.413. The van der Waals surface area contributed by atoms with Gasteiger partial charge in [-0.1, -0.05) is 6.08 Å². The molecule has 0 aromatic rings. The molecule has 0 bridgehead atoms. The fourth-order valence-corrected chi connectivity index (χ4v) is 0.292. The minimum Gasteiger partial charge on any atom is -0.495 e. The highest BCUT2D eigenvalue weighted by Gasteiger charge is 1.92. The van der Waals surface area contributed by atoms with E-state index in [2.05, 4.69) is 4.74 Å². The van der Waals surface area contributed by atoms with Gasteiger partial charge in [0.1, 0.15) is 0 Å². The SMILES string of the molecule is CC=COCC[N+](=O)[O-]. The van der Waals surface area contributed by atoms with Crippen molar-refractivity contribution in [1.29, 1.82) is 0 Å². The van der Waals surface area contributed by atoms with Crippen molar-refractivity contribution in [3.05, 3.63) is 22.5 Å². The van der Waals surface area contributed by atoms with E-state index in [1.54, 1.807) is 13.0 Å². The van der Waals surface area contributed by atoms with Gasteiger partial charge >= 0.3 is 0 Å². The molecule has 0 aromatic carbocycles. The van der Waals surface area contributed by atoms with Gasteiger partial charge in [0.25, 0.3) is 0 Å². The van der Waals surface area contributed by atoms with Crippen LogP contribution in [-0.4, -0.2) is 18.1 Å². The Balaban J connectivity index is 3.01. The first kappa shape index (κ1) is 7.94. The molecule has 0 aliphatic rings. The van der Waals surface area contributed by atoms with Crippen LogP contribution < -0.4 is 0 Å². The van der Waals surface area contributed by atoms with Crippen LogP contribution in [0.3, 0.4) is 0 Å². The van der Waals surface area contributed by atoms with Crippen LogP contribution in [0, 0.1) is 10.1 Å². The van der Waals surface area contributed by atoms with Crippen LogP contribution in [0.15, 0.2) is 12.3 Å². The summed E-state index contributed by atoms with van der Waals surface area (Å²) in [5, 5.41) is 9.66. The third kappa shape index (κ3) is 6.94. The molecule has 0 unspecified atom stereocenters. The Morgan fingerprint density at radius 2 is 2.44 bits per heavy atom. The second kappa shape index (κ2) is 5.08. The van der Waals surface area contributed by atoms with E-state index in [0.717, 1.165) is 0 Å². The molecule has 0 spiro atoms. The molecule has 9 heavy (non-hydrogen) atoms. The lowest BCUT2D eigenvalue weighted by molar-refractivity contribution is -0.482. The summed E-state index contributed by atoms with van der Waals surface area (Å²) in [6.07, 6.45) is 3.11. The number of allylic oxidation sites excluding steroid dienone is 1. The fraction of sp³-hybridized carbons (Fsp3) is 0.600. The Morgan fingerprint density at radius 3 is 2.89 bits per heavy atom. The monoisotopic (exact) mass is 131 g/mol. The molecule has 0 amide bonds. The third-order valence-corrected chi connectivity index (χ3v) is 0.624. The van der Waals surface area contributed by atoms with Gasteiger partial charge in [0, 0.05) is 4.92 Å². The zero-order valence-corrected chi connectivity index (χ0v) is 5.24. The van der Waals surface area contributed by atoms with Crippen molar-refractivity contribution >= 4 is 0 Å². The Hall–Kier alpha value is -1.06. The molecule has 0 saturated carbocycles. The highest BCUT2D eigenvalue weighted by molar-refractivity contribution is 4.64. The molecule has 0 saturated heterocycles. The predicted octanol–water partition coefficient (Wildman–Crippen LogP) is 0.813. The summed E-state index contributed by atoms with van der Waals surface area (Å²) in [7, 11) is 0. The van der Waals surface area contributed by atoms with Crippen LogP contribution >= 0.6 is 0 Å². The van der Waals surface area contributed by atoms with Gasteiger partial charge < -0.3 is 4.74 Å². The maximum Gasteiger partial charge on any atom is 0.237 e. The average molecular weight is 131 g/mol. The molecule has 0 heterocycles. The number of rotatable bonds is 4. The molecule has 0 N–H and O–H groups in total. The van der Waals surface area contributed by atoms with Crippen LogP contribution in [-0.2, 0) is 4.74 Å². The molecule has 52 valence electrons. The first-order chi connectivity index (χ1) is 4.27. The highest BCUT2D eigenvalue weighted by atomic mass is 16.6. The lowest BCUT2D eigenvalue weighted by Crippen LogP contribution is -2.06. The number of ether oxygens (including phenoxy) is 1. The van der Waals surface area contributed by atoms with Crippen LogP contribution in [0.4, 0.5) is 0 Å². The molecule has 0 aromatic heterocycles. The molecule has 4 heteroatoms. The summed E-state index contributed by atoms with van der Waals surface area (Å²) in [5.41, 5.74) is 0. The van der Waals surface area contributed by atoms with Crippen molar-refractivity contribution in [2.45, 2.75) is 6.92 Å². The van der Waals surface area contributed by atoms with E-state index in [0.29, 0.717) is 0 Å². The molecular formula is C5H9NO3. The smallest absolute Gasteiger partial charge is 0.237 e. The largest absolute Gasteiger partial charge is 0.495 e. The number of hydrogen-bond donors (Lipinski definition) is 0. The Morgan fingerprint density at radius 1 is 1.78 bits per heavy atom. The quantitative estimate of drug-likeness (QED) is 0.245. The second-order valence-corrected chi connectivity index (χ2v) is 1.40. The van der Waals surface area contributed by atoms with Crippen molar-refractivity contribution in [1.82, 2.24) is 0 Å². The zero-order chi connectivity index (χ0) is 7.11. The van der Waals surface area contributed by atoms with E-state index in [-0.39, 0.29) is 13.2 Å². The third-order valence-electron chi connectivity index (χ3n) is 0.624. The minimum absolute atomic E-state index is 0.135. The van der Waals surface area contributed by atoms with Gasteiger partial charge in [0.15, 0.2) is 6.61 Å². The fourth-order valence-electron chi connectivity index (χ4n) is 0.292. The summed E-state index contributed by atoms with van der Waals surface area (Å²) in [4.78, 5) is 9.25. The topological polar surface area (TPSA) is 52.4 Å². The summed E-state index contributed by atoms with van der Waals surface area (Å²) in [6, 6.07) is 0. The maximum atomic E-state index is 9.66. The molecule has 0 aliphatic carbocycles. The number of nitrogens with zero attached hydrogens (tertiary/aromatic N) is 1. The maximum absolute atomic E-state index is 9.66. The number of hydrogen-bond acceptors (Lipinski definition) is 3. The molecule has 0 atom stereocenters. The van der Waals surface area contributed by atoms with Crippen LogP contribution in [0.2, 0.25) is 0 Å². The van der Waals surface area contributed by atoms with Crippen LogP contribution in [0.25, 0.3) is 0 Å². The average Bonchev–Trinajstić information content (AvgIpc) is 1.80. The van der Waals surface area contributed by atoms with Gasteiger partial charge in [-0.15, -0.1) is 0 Å². The van der Waals surface area contributed by atoms with E-state index < -0.39 is 4.92 Å². The lowest BCUT2D eigenvalue weighted by atomic mass is 10.7. The highest BCUT2D eigenvalue weighted by Crippen LogP contribution is 1.76. The Bertz CT molecular complexity index is 111. The normalized spacial score (nSPS) is 9.89. The summed E-state index contributed by atoms with van der Waals surface area (Å²) in [5.74, 6) is 0. The summed E-state index contributed by atoms with van der Waals surface area (Å²) >= 11 is 0. The van der Waals surface area contributed by atoms with E-state index in [9.17, 15) is 10.1 Å². The van der Waals surface area contributed by atoms with E-state index >= 15 is 0 Å².